The van der Waals surface area contributed by atoms with Crippen LogP contribution in [-0.2, 0) is 4.79 Å². The number of aromatic amines is 1. The zero-order valence-electron chi connectivity index (χ0n) is 10.6. The monoisotopic (exact) mass is 263 g/mol. The maximum atomic E-state index is 12.4. The highest BCUT2D eigenvalue weighted by Gasteiger charge is 2.32. The molecule has 1 aromatic heterocycles. The number of anilines is 1. The van der Waals surface area contributed by atoms with Gasteiger partial charge in [0.25, 0.3) is 5.91 Å². The van der Waals surface area contributed by atoms with E-state index in [0.717, 1.165) is 25.0 Å². The Bertz CT molecular complexity index is 520. The molecule has 0 spiro atoms. The summed E-state index contributed by atoms with van der Waals surface area (Å²) in [6, 6.07) is 0. The molecule has 2 aliphatic rings. The summed E-state index contributed by atoms with van der Waals surface area (Å²) in [6.07, 6.45) is 2.93. The fourth-order valence-corrected chi connectivity index (χ4v) is 2.34. The van der Waals surface area contributed by atoms with Crippen molar-refractivity contribution in [1.82, 2.24) is 20.4 Å². The van der Waals surface area contributed by atoms with Crippen LogP contribution in [0.5, 0.6) is 0 Å². The fourth-order valence-electron chi connectivity index (χ4n) is 2.34. The molecule has 0 aromatic carbocycles. The van der Waals surface area contributed by atoms with E-state index in [4.69, 9.17) is 5.73 Å². The number of carbonyl (C=O) groups excluding carboxylic acids is 2. The van der Waals surface area contributed by atoms with Crippen molar-refractivity contribution in [2.75, 3.05) is 25.4 Å². The first kappa shape index (κ1) is 12.0. The first-order valence-electron chi connectivity index (χ1n) is 6.56. The lowest BCUT2D eigenvalue weighted by molar-refractivity contribution is -0.121. The molecular formula is C12H17N5O2. The van der Waals surface area contributed by atoms with E-state index >= 15 is 0 Å². The van der Waals surface area contributed by atoms with E-state index < -0.39 is 0 Å². The SMILES string of the molecule is Nc1c(C(=O)N2CCCNC(=O)C2)n[nH]c1C1CC1. The van der Waals surface area contributed by atoms with E-state index in [1.54, 1.807) is 0 Å². The van der Waals surface area contributed by atoms with Crippen molar-refractivity contribution >= 4 is 17.5 Å². The molecule has 2 heterocycles. The first-order valence-corrected chi connectivity index (χ1v) is 6.56. The van der Waals surface area contributed by atoms with Crippen molar-refractivity contribution in [3.05, 3.63) is 11.4 Å². The van der Waals surface area contributed by atoms with Gasteiger partial charge in [0.05, 0.1) is 17.9 Å². The molecule has 19 heavy (non-hydrogen) atoms. The summed E-state index contributed by atoms with van der Waals surface area (Å²) >= 11 is 0. The second-order valence-corrected chi connectivity index (χ2v) is 5.10. The number of rotatable bonds is 2. The number of hydrogen-bond donors (Lipinski definition) is 3. The molecule has 102 valence electrons. The van der Waals surface area contributed by atoms with Crippen LogP contribution < -0.4 is 11.1 Å². The highest BCUT2D eigenvalue weighted by Crippen LogP contribution is 2.42. The number of carbonyl (C=O) groups is 2. The third kappa shape index (κ3) is 2.27. The summed E-state index contributed by atoms with van der Waals surface area (Å²) in [5, 5.41) is 9.63. The standard InChI is InChI=1S/C12H17N5O2/c13-9-10(7-2-3-7)15-16-11(9)12(19)17-5-1-4-14-8(18)6-17/h7H,1-6,13H2,(H,14,18)(H,15,16). The molecule has 7 nitrogen and oxygen atoms in total. The predicted molar refractivity (Wildman–Crippen MR) is 68.5 cm³/mol. The largest absolute Gasteiger partial charge is 0.395 e. The van der Waals surface area contributed by atoms with Gasteiger partial charge in [-0.15, -0.1) is 0 Å². The summed E-state index contributed by atoms with van der Waals surface area (Å²) in [5.41, 5.74) is 7.54. The number of nitrogens with one attached hydrogen (secondary N) is 2. The third-order valence-electron chi connectivity index (χ3n) is 3.57. The molecule has 4 N–H and O–H groups in total. The zero-order valence-corrected chi connectivity index (χ0v) is 10.6. The van der Waals surface area contributed by atoms with Gasteiger partial charge >= 0.3 is 0 Å². The zero-order chi connectivity index (χ0) is 13.4. The number of hydrogen-bond acceptors (Lipinski definition) is 4. The molecule has 1 aromatic rings. The quantitative estimate of drug-likeness (QED) is 0.689. The lowest BCUT2D eigenvalue weighted by atomic mass is 10.2. The molecule has 1 aliphatic heterocycles. The number of nitrogen functional groups attached to an aromatic ring is 1. The lowest BCUT2D eigenvalue weighted by Crippen LogP contribution is -2.37. The van der Waals surface area contributed by atoms with Crippen LogP contribution in [0, 0.1) is 0 Å². The molecule has 0 bridgehead atoms. The van der Waals surface area contributed by atoms with E-state index in [-0.39, 0.29) is 24.1 Å². The van der Waals surface area contributed by atoms with E-state index in [2.05, 4.69) is 15.5 Å². The third-order valence-corrected chi connectivity index (χ3v) is 3.57. The number of amides is 2. The Kier molecular flexibility index (Phi) is 2.88. The van der Waals surface area contributed by atoms with Crippen LogP contribution in [0.15, 0.2) is 0 Å². The van der Waals surface area contributed by atoms with Gasteiger partial charge in [0, 0.05) is 19.0 Å². The molecule has 3 rings (SSSR count). The van der Waals surface area contributed by atoms with Gasteiger partial charge in [-0.1, -0.05) is 0 Å². The van der Waals surface area contributed by atoms with Gasteiger partial charge in [-0.25, -0.2) is 0 Å². The van der Waals surface area contributed by atoms with Crippen molar-refractivity contribution in [3.63, 3.8) is 0 Å². The van der Waals surface area contributed by atoms with Gasteiger partial charge in [0.2, 0.25) is 5.91 Å². The van der Waals surface area contributed by atoms with Crippen molar-refractivity contribution in [3.8, 4) is 0 Å². The molecular weight excluding hydrogens is 246 g/mol. The number of aromatic nitrogens is 2. The van der Waals surface area contributed by atoms with Gasteiger partial charge < -0.3 is 16.0 Å². The molecule has 2 amide bonds. The average molecular weight is 263 g/mol. The molecule has 0 radical (unpaired) electrons. The van der Waals surface area contributed by atoms with Crippen molar-refractivity contribution < 1.29 is 9.59 Å². The van der Waals surface area contributed by atoms with E-state index in [1.165, 1.54) is 4.90 Å². The number of H-pyrrole nitrogens is 1. The number of nitrogens with zero attached hydrogens (tertiary/aromatic N) is 2. The van der Waals surface area contributed by atoms with Gasteiger partial charge in [0.1, 0.15) is 0 Å². The highest BCUT2D eigenvalue weighted by atomic mass is 16.2. The van der Waals surface area contributed by atoms with Gasteiger partial charge in [0.15, 0.2) is 5.69 Å². The molecule has 1 aliphatic carbocycles. The van der Waals surface area contributed by atoms with Crippen LogP contribution in [0.2, 0.25) is 0 Å². The van der Waals surface area contributed by atoms with Gasteiger partial charge in [-0.2, -0.15) is 5.10 Å². The summed E-state index contributed by atoms with van der Waals surface area (Å²) in [6.45, 7) is 1.22. The number of nitrogens with two attached hydrogens (primary N) is 1. The molecule has 0 atom stereocenters. The summed E-state index contributed by atoms with van der Waals surface area (Å²) < 4.78 is 0. The minimum atomic E-state index is -0.266. The maximum Gasteiger partial charge on any atom is 0.276 e. The Labute approximate surface area is 110 Å². The van der Waals surface area contributed by atoms with Crippen LogP contribution >= 0.6 is 0 Å². The summed E-state index contributed by atoms with van der Waals surface area (Å²) in [7, 11) is 0. The Morgan fingerprint density at radius 2 is 2.21 bits per heavy atom. The fraction of sp³-hybridized carbons (Fsp3) is 0.583. The molecule has 2 fully saturated rings. The van der Waals surface area contributed by atoms with Gasteiger partial charge in [-0.3, -0.25) is 14.7 Å². The van der Waals surface area contributed by atoms with Crippen molar-refractivity contribution in [2.24, 2.45) is 0 Å². The minimum Gasteiger partial charge on any atom is -0.395 e. The van der Waals surface area contributed by atoms with E-state index in [0.29, 0.717) is 24.7 Å². The second kappa shape index (κ2) is 4.56. The Morgan fingerprint density at radius 3 is 2.95 bits per heavy atom. The molecule has 7 heteroatoms. The Hall–Kier alpha value is -2.05. The summed E-state index contributed by atoms with van der Waals surface area (Å²) in [4.78, 5) is 25.3. The van der Waals surface area contributed by atoms with E-state index in [1.807, 2.05) is 0 Å². The first-order chi connectivity index (χ1) is 9.16. The van der Waals surface area contributed by atoms with Crippen LogP contribution in [-0.4, -0.2) is 46.5 Å². The van der Waals surface area contributed by atoms with Crippen molar-refractivity contribution in [1.29, 1.82) is 0 Å². The highest BCUT2D eigenvalue weighted by molar-refractivity contribution is 5.99. The predicted octanol–water partition coefficient (Wildman–Crippen LogP) is -0.169. The van der Waals surface area contributed by atoms with Crippen LogP contribution in [0.1, 0.15) is 41.4 Å². The average Bonchev–Trinajstić information content (AvgIpc) is 3.17. The molecule has 0 unspecified atom stereocenters. The lowest BCUT2D eigenvalue weighted by Gasteiger charge is -2.17. The smallest absolute Gasteiger partial charge is 0.276 e. The maximum absolute atomic E-state index is 12.4. The minimum absolute atomic E-state index is 0.0733. The Balaban J connectivity index is 1.80. The van der Waals surface area contributed by atoms with E-state index in [9.17, 15) is 9.59 Å². The molecule has 1 saturated heterocycles. The Morgan fingerprint density at radius 1 is 1.42 bits per heavy atom. The molecule has 1 saturated carbocycles. The van der Waals surface area contributed by atoms with Crippen molar-refractivity contribution in [2.45, 2.75) is 25.2 Å². The van der Waals surface area contributed by atoms with Crippen LogP contribution in [0.25, 0.3) is 0 Å². The second-order valence-electron chi connectivity index (χ2n) is 5.10. The topological polar surface area (TPSA) is 104 Å². The van der Waals surface area contributed by atoms with Crippen LogP contribution in [0.4, 0.5) is 5.69 Å². The summed E-state index contributed by atoms with van der Waals surface area (Å²) in [5.74, 6) is 0.0153. The normalized spacial score (nSPS) is 20.0. The van der Waals surface area contributed by atoms with Gasteiger partial charge in [-0.05, 0) is 19.3 Å². The van der Waals surface area contributed by atoms with Crippen LogP contribution in [0.3, 0.4) is 0 Å².